The van der Waals surface area contributed by atoms with Gasteiger partial charge in [0.15, 0.2) is 5.82 Å². The quantitative estimate of drug-likeness (QED) is 0.687. The molecule has 0 aliphatic heterocycles. The number of nitrogens with one attached hydrogen (secondary N) is 1. The van der Waals surface area contributed by atoms with E-state index in [4.69, 9.17) is 11.6 Å². The van der Waals surface area contributed by atoms with E-state index in [1.54, 1.807) is 6.07 Å². The number of hydrogen-bond donors (Lipinski definition) is 1. The van der Waals surface area contributed by atoms with Gasteiger partial charge in [0.2, 0.25) is 6.39 Å². The monoisotopic (exact) mass is 251 g/mol. The molecule has 0 fully saturated rings. The molecule has 3 rings (SSSR count). The van der Waals surface area contributed by atoms with E-state index in [2.05, 4.69) is 35.0 Å². The fraction of sp³-hybridized carbons (Fsp3) is 0.125. The Morgan fingerprint density at radius 2 is 2.35 bits per heavy atom. The van der Waals surface area contributed by atoms with Gasteiger partial charge >= 0.3 is 0 Å². The molecule has 9 heteroatoms. The normalized spacial score (nSPS) is 10.9. The first-order valence-corrected chi connectivity index (χ1v) is 5.06. The molecular formula is C8H6ClN7O. The van der Waals surface area contributed by atoms with Gasteiger partial charge in [0.1, 0.15) is 17.3 Å². The van der Waals surface area contributed by atoms with Gasteiger partial charge in [0.25, 0.3) is 5.78 Å². The van der Waals surface area contributed by atoms with Gasteiger partial charge in [-0.25, -0.2) is 0 Å². The van der Waals surface area contributed by atoms with Crippen LogP contribution < -0.4 is 5.32 Å². The van der Waals surface area contributed by atoms with E-state index in [9.17, 15) is 0 Å². The lowest BCUT2D eigenvalue weighted by atomic mass is 10.5. The molecule has 0 aromatic carbocycles. The van der Waals surface area contributed by atoms with Crippen molar-refractivity contribution in [1.82, 2.24) is 29.7 Å². The second kappa shape index (κ2) is 3.98. The average molecular weight is 252 g/mol. The van der Waals surface area contributed by atoms with Gasteiger partial charge in [-0.15, -0.1) is 0 Å². The van der Waals surface area contributed by atoms with Crippen LogP contribution in [0.15, 0.2) is 23.3 Å². The first-order chi connectivity index (χ1) is 8.33. The predicted molar refractivity (Wildman–Crippen MR) is 57.4 cm³/mol. The Balaban J connectivity index is 1.91. The van der Waals surface area contributed by atoms with Gasteiger partial charge in [-0.3, -0.25) is 0 Å². The van der Waals surface area contributed by atoms with Crippen molar-refractivity contribution in [2.75, 3.05) is 5.32 Å². The van der Waals surface area contributed by atoms with Crippen molar-refractivity contribution in [3.63, 3.8) is 0 Å². The van der Waals surface area contributed by atoms with Crippen LogP contribution in [0.3, 0.4) is 0 Å². The van der Waals surface area contributed by atoms with E-state index in [1.165, 1.54) is 17.2 Å². The van der Waals surface area contributed by atoms with Crippen LogP contribution in [-0.2, 0) is 6.54 Å². The smallest absolute Gasteiger partial charge is 0.255 e. The summed E-state index contributed by atoms with van der Waals surface area (Å²) in [4.78, 5) is 11.8. The highest BCUT2D eigenvalue weighted by Crippen LogP contribution is 2.14. The van der Waals surface area contributed by atoms with Crippen molar-refractivity contribution in [1.29, 1.82) is 0 Å². The first-order valence-electron chi connectivity index (χ1n) is 4.68. The van der Waals surface area contributed by atoms with E-state index in [0.717, 1.165) is 0 Å². The number of aromatic nitrogens is 6. The Labute approximate surface area is 99.6 Å². The Morgan fingerprint density at radius 3 is 3.18 bits per heavy atom. The van der Waals surface area contributed by atoms with Crippen LogP contribution in [0.5, 0.6) is 0 Å². The minimum absolute atomic E-state index is 0.334. The molecule has 3 aromatic rings. The SMILES string of the molecule is Clc1cc(NCc2ncon2)n2ncnc2n1. The van der Waals surface area contributed by atoms with Crippen molar-refractivity contribution in [3.8, 4) is 0 Å². The molecule has 0 bridgehead atoms. The maximum atomic E-state index is 5.86. The third-order valence-electron chi connectivity index (χ3n) is 2.06. The molecule has 0 unspecified atom stereocenters. The maximum absolute atomic E-state index is 5.86. The zero-order valence-corrected chi connectivity index (χ0v) is 9.16. The van der Waals surface area contributed by atoms with E-state index >= 15 is 0 Å². The van der Waals surface area contributed by atoms with E-state index in [-0.39, 0.29) is 0 Å². The third kappa shape index (κ3) is 1.89. The average Bonchev–Trinajstić information content (AvgIpc) is 2.95. The molecule has 3 heterocycles. The summed E-state index contributed by atoms with van der Waals surface area (Å²) in [6, 6.07) is 1.64. The fourth-order valence-electron chi connectivity index (χ4n) is 1.35. The maximum Gasteiger partial charge on any atom is 0.255 e. The second-order valence-corrected chi connectivity index (χ2v) is 3.52. The van der Waals surface area contributed by atoms with E-state index < -0.39 is 0 Å². The van der Waals surface area contributed by atoms with Crippen molar-refractivity contribution in [3.05, 3.63) is 29.8 Å². The molecule has 0 spiro atoms. The largest absolute Gasteiger partial charge is 0.362 e. The lowest BCUT2D eigenvalue weighted by Gasteiger charge is -2.05. The number of nitrogens with zero attached hydrogens (tertiary/aromatic N) is 6. The van der Waals surface area contributed by atoms with Crippen LogP contribution in [0, 0.1) is 0 Å². The summed E-state index contributed by atoms with van der Waals surface area (Å²) < 4.78 is 6.16. The molecular weight excluding hydrogens is 246 g/mol. The van der Waals surface area contributed by atoms with Crippen LogP contribution in [-0.4, -0.2) is 29.7 Å². The summed E-state index contributed by atoms with van der Waals surface area (Å²) in [7, 11) is 0. The van der Waals surface area contributed by atoms with Crippen LogP contribution in [0.25, 0.3) is 5.78 Å². The van der Waals surface area contributed by atoms with Crippen LogP contribution in [0.4, 0.5) is 5.82 Å². The summed E-state index contributed by atoms with van der Waals surface area (Å²) in [5.74, 6) is 1.61. The van der Waals surface area contributed by atoms with Gasteiger partial charge in [-0.1, -0.05) is 16.8 Å². The van der Waals surface area contributed by atoms with Crippen molar-refractivity contribution in [2.24, 2.45) is 0 Å². The molecule has 0 aliphatic carbocycles. The molecule has 0 aliphatic rings. The van der Waals surface area contributed by atoms with Gasteiger partial charge in [-0.2, -0.15) is 24.6 Å². The van der Waals surface area contributed by atoms with Crippen LogP contribution in [0.1, 0.15) is 5.82 Å². The fourth-order valence-corrected chi connectivity index (χ4v) is 1.53. The Bertz CT molecular complexity index is 634. The highest BCUT2D eigenvalue weighted by atomic mass is 35.5. The zero-order chi connectivity index (χ0) is 11.7. The number of fused-ring (bicyclic) bond motifs is 1. The summed E-state index contributed by atoms with van der Waals surface area (Å²) >= 11 is 5.86. The molecule has 0 amide bonds. The number of anilines is 1. The summed E-state index contributed by atoms with van der Waals surface area (Å²) in [5, 5.41) is 11.1. The summed E-state index contributed by atoms with van der Waals surface area (Å²) in [6.45, 7) is 0.395. The van der Waals surface area contributed by atoms with E-state index in [1.807, 2.05) is 0 Å². The topological polar surface area (TPSA) is 94.0 Å². The van der Waals surface area contributed by atoms with Crippen molar-refractivity contribution in [2.45, 2.75) is 6.54 Å². The van der Waals surface area contributed by atoms with Gasteiger partial charge < -0.3 is 9.84 Å². The van der Waals surface area contributed by atoms with Gasteiger partial charge in [0, 0.05) is 6.07 Å². The van der Waals surface area contributed by atoms with Crippen LogP contribution >= 0.6 is 11.6 Å². The minimum atomic E-state index is 0.334. The molecule has 0 atom stereocenters. The van der Waals surface area contributed by atoms with Crippen molar-refractivity contribution < 1.29 is 4.52 Å². The first kappa shape index (κ1) is 9.97. The zero-order valence-electron chi connectivity index (χ0n) is 8.41. The molecule has 86 valence electrons. The lowest BCUT2D eigenvalue weighted by Crippen LogP contribution is -2.07. The number of rotatable bonds is 3. The van der Waals surface area contributed by atoms with Crippen LogP contribution in [0.2, 0.25) is 5.15 Å². The number of hydrogen-bond acceptors (Lipinski definition) is 7. The Kier molecular flexibility index (Phi) is 2.33. The second-order valence-electron chi connectivity index (χ2n) is 3.14. The van der Waals surface area contributed by atoms with Gasteiger partial charge in [-0.05, 0) is 0 Å². The lowest BCUT2D eigenvalue weighted by molar-refractivity contribution is 0.411. The summed E-state index contributed by atoms with van der Waals surface area (Å²) in [5.41, 5.74) is 0. The highest BCUT2D eigenvalue weighted by molar-refractivity contribution is 6.29. The van der Waals surface area contributed by atoms with E-state index in [0.29, 0.717) is 29.1 Å². The molecule has 3 aromatic heterocycles. The summed E-state index contributed by atoms with van der Waals surface area (Å²) in [6.07, 6.45) is 2.67. The Hall–Kier alpha value is -2.22. The minimum Gasteiger partial charge on any atom is -0.362 e. The van der Waals surface area contributed by atoms with Gasteiger partial charge in [0.05, 0.1) is 6.54 Å². The van der Waals surface area contributed by atoms with Crippen molar-refractivity contribution >= 4 is 23.2 Å². The molecule has 0 radical (unpaired) electrons. The highest BCUT2D eigenvalue weighted by Gasteiger charge is 2.07. The molecule has 0 saturated heterocycles. The standard InChI is InChI=1S/C8H6ClN7O/c9-5-1-7(10-2-6-12-4-17-15-6)16-8(14-5)11-3-13-16/h1,3-4,10H,2H2. The number of halogens is 1. The molecule has 0 saturated carbocycles. The third-order valence-corrected chi connectivity index (χ3v) is 2.25. The molecule has 8 nitrogen and oxygen atoms in total. The predicted octanol–water partition coefficient (Wildman–Crippen LogP) is 0.773. The Morgan fingerprint density at radius 1 is 1.41 bits per heavy atom. The molecule has 17 heavy (non-hydrogen) atoms. The molecule has 1 N–H and O–H groups in total.